The van der Waals surface area contributed by atoms with Gasteiger partial charge in [-0.3, -0.25) is 0 Å². The van der Waals surface area contributed by atoms with Crippen LogP contribution in [0.25, 0.3) is 0 Å². The van der Waals surface area contributed by atoms with Crippen LogP contribution in [0.5, 0.6) is 5.75 Å². The second kappa shape index (κ2) is 7.00. The first kappa shape index (κ1) is 16.9. The number of piperidine rings is 1. The molecule has 2 aromatic carbocycles. The topological polar surface area (TPSA) is 61.8 Å². The lowest BCUT2D eigenvalue weighted by atomic mass is 9.88. The largest absolute Gasteiger partial charge is 0.508 e. The molecule has 2 N–H and O–H groups in total. The Bertz CT molecular complexity index is 753. The fourth-order valence-corrected chi connectivity index (χ4v) is 3.98. The van der Waals surface area contributed by atoms with Gasteiger partial charge in [0.1, 0.15) is 11.4 Å². The maximum absolute atomic E-state index is 11.4. The highest BCUT2D eigenvalue weighted by atomic mass is 16.6. The Labute approximate surface area is 153 Å². The number of likely N-dealkylation sites (tertiary alicyclic amines) is 1. The van der Waals surface area contributed by atoms with E-state index in [0.29, 0.717) is 6.54 Å². The normalized spacial score (nSPS) is 20.5. The Morgan fingerprint density at radius 3 is 2.31 bits per heavy atom. The van der Waals surface area contributed by atoms with Crippen LogP contribution in [0.15, 0.2) is 54.6 Å². The molecule has 2 aliphatic rings. The van der Waals surface area contributed by atoms with Crippen molar-refractivity contribution in [3.05, 3.63) is 65.7 Å². The second-order valence-corrected chi connectivity index (χ2v) is 7.28. The number of nitrogens with one attached hydrogen (secondary N) is 1. The van der Waals surface area contributed by atoms with Gasteiger partial charge in [0.15, 0.2) is 0 Å². The molecule has 1 atom stereocenters. The summed E-state index contributed by atoms with van der Waals surface area (Å²) in [5.74, 6) is 0.533. The summed E-state index contributed by atoms with van der Waals surface area (Å²) in [6.45, 7) is 3.36. The number of ether oxygens (including phenoxy) is 1. The molecule has 0 saturated carbocycles. The highest BCUT2D eigenvalue weighted by Crippen LogP contribution is 2.32. The van der Waals surface area contributed by atoms with Gasteiger partial charge in [0.25, 0.3) is 0 Å². The molecular formula is C21H24N2O3. The van der Waals surface area contributed by atoms with Crippen molar-refractivity contribution in [2.75, 3.05) is 26.2 Å². The van der Waals surface area contributed by atoms with Crippen molar-refractivity contribution in [2.24, 2.45) is 0 Å². The second-order valence-electron chi connectivity index (χ2n) is 7.28. The summed E-state index contributed by atoms with van der Waals surface area (Å²) in [6.07, 6.45) is 1.44. The predicted octanol–water partition coefficient (Wildman–Crippen LogP) is 3.10. The summed E-state index contributed by atoms with van der Waals surface area (Å²) in [6, 6.07) is 18.0. The molecule has 0 aliphatic carbocycles. The fraction of sp³-hybridized carbons (Fsp3) is 0.381. The van der Waals surface area contributed by atoms with Gasteiger partial charge in [0.2, 0.25) is 0 Å². The van der Waals surface area contributed by atoms with E-state index in [1.807, 2.05) is 18.2 Å². The molecule has 4 rings (SSSR count). The summed E-state index contributed by atoms with van der Waals surface area (Å²) >= 11 is 0. The van der Waals surface area contributed by atoms with E-state index >= 15 is 0 Å². The van der Waals surface area contributed by atoms with Crippen molar-refractivity contribution < 1.29 is 14.6 Å². The van der Waals surface area contributed by atoms with Crippen LogP contribution >= 0.6 is 0 Å². The van der Waals surface area contributed by atoms with Gasteiger partial charge in [-0.1, -0.05) is 42.5 Å². The molecule has 0 radical (unpaired) electrons. The lowest BCUT2D eigenvalue weighted by molar-refractivity contribution is 0.000315. The molecule has 1 spiro atoms. The van der Waals surface area contributed by atoms with Crippen LogP contribution in [0, 0.1) is 0 Å². The van der Waals surface area contributed by atoms with Crippen molar-refractivity contribution in [1.82, 2.24) is 10.2 Å². The molecule has 1 amide bonds. The lowest BCUT2D eigenvalue weighted by Gasteiger charge is -2.38. The smallest absolute Gasteiger partial charge is 0.407 e. The zero-order chi connectivity index (χ0) is 18.0. The van der Waals surface area contributed by atoms with Gasteiger partial charge in [-0.25, -0.2) is 4.79 Å². The minimum atomic E-state index is -0.311. The van der Waals surface area contributed by atoms with Crippen LogP contribution < -0.4 is 5.32 Å². The van der Waals surface area contributed by atoms with Crippen LogP contribution in [-0.4, -0.2) is 47.9 Å². The average Bonchev–Trinajstić information content (AvgIpc) is 3.03. The van der Waals surface area contributed by atoms with Crippen molar-refractivity contribution in [3.63, 3.8) is 0 Å². The van der Waals surface area contributed by atoms with Gasteiger partial charge in [-0.15, -0.1) is 0 Å². The average molecular weight is 352 g/mol. The van der Waals surface area contributed by atoms with E-state index in [2.05, 4.69) is 34.5 Å². The highest BCUT2D eigenvalue weighted by Gasteiger charge is 2.43. The Morgan fingerprint density at radius 2 is 1.69 bits per heavy atom. The maximum Gasteiger partial charge on any atom is 0.407 e. The number of hydrogen-bond acceptors (Lipinski definition) is 4. The SMILES string of the molecule is O=C1NCC2(CCN(CC(c3ccccc3)c3ccc(O)cc3)CC2)O1. The van der Waals surface area contributed by atoms with Crippen LogP contribution in [0.3, 0.4) is 0 Å². The number of aromatic hydroxyl groups is 1. The Morgan fingerprint density at radius 1 is 1.04 bits per heavy atom. The van der Waals surface area contributed by atoms with E-state index in [1.165, 1.54) is 11.1 Å². The summed E-state index contributed by atoms with van der Waals surface area (Å²) in [5.41, 5.74) is 2.16. The summed E-state index contributed by atoms with van der Waals surface area (Å²) < 4.78 is 5.52. The Kier molecular flexibility index (Phi) is 4.55. The van der Waals surface area contributed by atoms with E-state index in [-0.39, 0.29) is 23.4 Å². The zero-order valence-corrected chi connectivity index (χ0v) is 14.7. The summed E-state index contributed by atoms with van der Waals surface area (Å²) in [4.78, 5) is 13.9. The molecule has 2 aromatic rings. The predicted molar refractivity (Wildman–Crippen MR) is 99.3 cm³/mol. The first-order valence-electron chi connectivity index (χ1n) is 9.17. The van der Waals surface area contributed by atoms with E-state index < -0.39 is 0 Å². The van der Waals surface area contributed by atoms with Crippen LogP contribution in [-0.2, 0) is 4.74 Å². The van der Waals surface area contributed by atoms with Gasteiger partial charge in [0.05, 0.1) is 6.54 Å². The van der Waals surface area contributed by atoms with Crippen molar-refractivity contribution in [2.45, 2.75) is 24.4 Å². The number of benzene rings is 2. The molecule has 136 valence electrons. The van der Waals surface area contributed by atoms with Crippen LogP contribution in [0.2, 0.25) is 0 Å². The molecule has 2 heterocycles. The fourth-order valence-electron chi connectivity index (χ4n) is 3.98. The summed E-state index contributed by atoms with van der Waals surface area (Å²) in [7, 11) is 0. The molecule has 2 fully saturated rings. The van der Waals surface area contributed by atoms with Crippen LogP contribution in [0.4, 0.5) is 4.79 Å². The first-order chi connectivity index (χ1) is 12.6. The highest BCUT2D eigenvalue weighted by molar-refractivity contribution is 5.70. The molecule has 1 unspecified atom stereocenters. The van der Waals surface area contributed by atoms with E-state index in [0.717, 1.165) is 32.5 Å². The molecule has 5 heteroatoms. The molecule has 0 bridgehead atoms. The molecule has 26 heavy (non-hydrogen) atoms. The van der Waals surface area contributed by atoms with Gasteiger partial charge >= 0.3 is 6.09 Å². The standard InChI is InChI=1S/C21H24N2O3/c24-18-8-6-17(7-9-18)19(16-4-2-1-3-5-16)14-23-12-10-21(11-13-23)15-22-20(25)26-21/h1-9,19,24H,10-15H2,(H,22,25). The van der Waals surface area contributed by atoms with Gasteiger partial charge in [-0.2, -0.15) is 0 Å². The number of phenolic OH excluding ortho intramolecular Hbond substituents is 1. The molecule has 5 nitrogen and oxygen atoms in total. The zero-order valence-electron chi connectivity index (χ0n) is 14.7. The first-order valence-corrected chi connectivity index (χ1v) is 9.17. The molecular weight excluding hydrogens is 328 g/mol. The third kappa shape index (κ3) is 3.53. The van der Waals surface area contributed by atoms with Gasteiger partial charge < -0.3 is 20.1 Å². The third-order valence-corrected chi connectivity index (χ3v) is 5.57. The third-order valence-electron chi connectivity index (χ3n) is 5.57. The number of carbonyl (C=O) groups is 1. The maximum atomic E-state index is 11.4. The minimum absolute atomic E-state index is 0.245. The molecule has 0 aromatic heterocycles. The van der Waals surface area contributed by atoms with Crippen molar-refractivity contribution in [3.8, 4) is 5.75 Å². The number of nitrogens with zero attached hydrogens (tertiary/aromatic N) is 1. The number of hydrogen-bond donors (Lipinski definition) is 2. The van der Waals surface area contributed by atoms with Crippen molar-refractivity contribution >= 4 is 6.09 Å². The molecule has 2 aliphatic heterocycles. The number of phenols is 1. The Balaban J connectivity index is 1.49. The molecule has 2 saturated heterocycles. The monoisotopic (exact) mass is 352 g/mol. The number of rotatable bonds is 4. The number of alkyl carbamates (subject to hydrolysis) is 1. The van der Waals surface area contributed by atoms with Crippen molar-refractivity contribution in [1.29, 1.82) is 0 Å². The van der Waals surface area contributed by atoms with Gasteiger partial charge in [-0.05, 0) is 23.3 Å². The van der Waals surface area contributed by atoms with E-state index in [4.69, 9.17) is 4.74 Å². The van der Waals surface area contributed by atoms with E-state index in [1.54, 1.807) is 12.1 Å². The van der Waals surface area contributed by atoms with Gasteiger partial charge in [0, 0.05) is 38.4 Å². The number of amides is 1. The van der Waals surface area contributed by atoms with E-state index in [9.17, 15) is 9.90 Å². The summed E-state index contributed by atoms with van der Waals surface area (Å²) in [5, 5.41) is 12.4. The van der Waals surface area contributed by atoms with Crippen LogP contribution in [0.1, 0.15) is 29.9 Å². The quantitative estimate of drug-likeness (QED) is 0.888. The Hall–Kier alpha value is -2.53. The number of carbonyl (C=O) groups excluding carboxylic acids is 1. The lowest BCUT2D eigenvalue weighted by Crippen LogP contribution is -2.47. The minimum Gasteiger partial charge on any atom is -0.508 e.